The summed E-state index contributed by atoms with van der Waals surface area (Å²) in [7, 11) is 0. The summed E-state index contributed by atoms with van der Waals surface area (Å²) in [4.78, 5) is 12.0. The number of benzene rings is 2. The molecule has 118 valence electrons. The number of hydrogen-bond donors (Lipinski definition) is 1. The first kappa shape index (κ1) is 15.5. The first-order chi connectivity index (χ1) is 11.0. The fourth-order valence-electron chi connectivity index (χ4n) is 3.00. The molecule has 1 N–H and O–H groups in total. The summed E-state index contributed by atoms with van der Waals surface area (Å²) in [5, 5.41) is 2.88. The van der Waals surface area contributed by atoms with Crippen LogP contribution in [0.5, 0.6) is 0 Å². The van der Waals surface area contributed by atoms with E-state index in [0.29, 0.717) is 12.5 Å². The highest BCUT2D eigenvalue weighted by Crippen LogP contribution is 2.29. The molecule has 1 saturated heterocycles. The van der Waals surface area contributed by atoms with Crippen molar-refractivity contribution in [2.75, 3.05) is 6.54 Å². The molecule has 0 unspecified atom stereocenters. The van der Waals surface area contributed by atoms with Crippen LogP contribution < -0.4 is 5.32 Å². The quantitative estimate of drug-likeness (QED) is 0.821. The molecule has 1 amide bonds. The molecule has 23 heavy (non-hydrogen) atoms. The maximum absolute atomic E-state index is 14.1. The van der Waals surface area contributed by atoms with Gasteiger partial charge in [0.2, 0.25) is 5.91 Å². The number of hydrogen-bond acceptors (Lipinski definition) is 1. The van der Waals surface area contributed by atoms with E-state index in [0.717, 1.165) is 34.2 Å². The van der Waals surface area contributed by atoms with Crippen molar-refractivity contribution < 1.29 is 9.18 Å². The average molecular weight is 309 g/mol. The zero-order valence-electron chi connectivity index (χ0n) is 13.4. The Morgan fingerprint density at radius 2 is 1.96 bits per heavy atom. The second-order valence-corrected chi connectivity index (χ2v) is 6.22. The van der Waals surface area contributed by atoms with E-state index < -0.39 is 0 Å². The van der Waals surface area contributed by atoms with E-state index >= 15 is 0 Å². The van der Waals surface area contributed by atoms with E-state index in [2.05, 4.69) is 12.2 Å². The fraction of sp³-hybridized carbons (Fsp3) is 0.250. The summed E-state index contributed by atoms with van der Waals surface area (Å²) < 4.78 is 14.1. The molecule has 1 heterocycles. The van der Waals surface area contributed by atoms with Gasteiger partial charge in [0.25, 0.3) is 0 Å². The van der Waals surface area contributed by atoms with Gasteiger partial charge in [-0.2, -0.15) is 0 Å². The molecule has 3 rings (SSSR count). The summed E-state index contributed by atoms with van der Waals surface area (Å²) in [5.74, 6) is 0.0694. The van der Waals surface area contributed by atoms with Crippen molar-refractivity contribution in [1.29, 1.82) is 0 Å². The fourth-order valence-corrected chi connectivity index (χ4v) is 3.00. The van der Waals surface area contributed by atoms with E-state index in [9.17, 15) is 9.18 Å². The summed E-state index contributed by atoms with van der Waals surface area (Å²) in [6, 6.07) is 12.8. The third-order valence-electron chi connectivity index (χ3n) is 4.30. The molecule has 0 aliphatic carbocycles. The highest BCUT2D eigenvalue weighted by atomic mass is 19.1. The molecule has 1 aliphatic rings. The van der Waals surface area contributed by atoms with Gasteiger partial charge in [-0.1, -0.05) is 37.3 Å². The van der Waals surface area contributed by atoms with E-state index in [1.165, 1.54) is 6.07 Å². The Morgan fingerprint density at radius 3 is 2.70 bits per heavy atom. The largest absolute Gasteiger partial charge is 0.352 e. The average Bonchev–Trinajstić information content (AvgIpc) is 2.55. The van der Waals surface area contributed by atoms with Crippen LogP contribution in [0.25, 0.3) is 17.2 Å². The van der Waals surface area contributed by atoms with Crippen LogP contribution in [0.1, 0.15) is 24.5 Å². The minimum absolute atomic E-state index is 0.0481. The molecule has 0 radical (unpaired) electrons. The van der Waals surface area contributed by atoms with E-state index in [-0.39, 0.29) is 11.7 Å². The molecule has 2 aromatic carbocycles. The smallest absolute Gasteiger partial charge is 0.247 e. The number of piperidine rings is 1. The van der Waals surface area contributed by atoms with Gasteiger partial charge in [-0.15, -0.1) is 0 Å². The van der Waals surface area contributed by atoms with Gasteiger partial charge in [0, 0.05) is 12.1 Å². The van der Waals surface area contributed by atoms with Crippen molar-refractivity contribution in [1.82, 2.24) is 5.32 Å². The van der Waals surface area contributed by atoms with Gasteiger partial charge in [0.1, 0.15) is 5.82 Å². The molecule has 0 aromatic heterocycles. The molecular formula is C20H20FNO. The SMILES string of the molecule is Cc1c(/C=C2\C[C@H](C)CNC2=O)cc(F)cc1-c1ccccc1. The van der Waals surface area contributed by atoms with Crippen LogP contribution in [-0.2, 0) is 4.79 Å². The normalized spacial score (nSPS) is 19.7. The van der Waals surface area contributed by atoms with Crippen molar-refractivity contribution in [2.24, 2.45) is 5.92 Å². The zero-order chi connectivity index (χ0) is 16.4. The van der Waals surface area contributed by atoms with Crippen LogP contribution in [0.15, 0.2) is 48.0 Å². The maximum atomic E-state index is 14.1. The molecule has 1 fully saturated rings. The Balaban J connectivity index is 2.07. The number of halogens is 1. The molecule has 3 heteroatoms. The van der Waals surface area contributed by atoms with Crippen LogP contribution >= 0.6 is 0 Å². The standard InChI is InChI=1S/C20H20FNO/c1-13-8-17(20(23)22-12-13)9-16-10-18(21)11-19(14(16)2)15-6-4-3-5-7-15/h3-7,9-11,13H,8,12H2,1-2H3,(H,22,23)/b17-9+/t13-/m0/s1. The molecule has 2 nitrogen and oxygen atoms in total. The van der Waals surface area contributed by atoms with Gasteiger partial charge in [-0.3, -0.25) is 4.79 Å². The second-order valence-electron chi connectivity index (χ2n) is 6.22. The van der Waals surface area contributed by atoms with Crippen molar-refractivity contribution in [3.8, 4) is 11.1 Å². The molecule has 0 saturated carbocycles. The Labute approximate surface area is 136 Å². The first-order valence-electron chi connectivity index (χ1n) is 7.89. The summed E-state index contributed by atoms with van der Waals surface area (Å²) in [6.45, 7) is 4.77. The third-order valence-corrected chi connectivity index (χ3v) is 4.30. The van der Waals surface area contributed by atoms with Crippen LogP contribution in [-0.4, -0.2) is 12.5 Å². The number of nitrogens with one attached hydrogen (secondary N) is 1. The second kappa shape index (κ2) is 6.37. The van der Waals surface area contributed by atoms with Crippen LogP contribution in [0.4, 0.5) is 4.39 Å². The highest BCUT2D eigenvalue weighted by molar-refractivity contribution is 5.99. The Morgan fingerprint density at radius 1 is 1.22 bits per heavy atom. The van der Waals surface area contributed by atoms with E-state index in [1.807, 2.05) is 43.3 Å². The molecule has 0 bridgehead atoms. The van der Waals surface area contributed by atoms with Crippen LogP contribution in [0.3, 0.4) is 0 Å². The monoisotopic (exact) mass is 309 g/mol. The lowest BCUT2D eigenvalue weighted by atomic mass is 9.91. The Bertz CT molecular complexity index is 765. The highest BCUT2D eigenvalue weighted by Gasteiger charge is 2.20. The van der Waals surface area contributed by atoms with Gasteiger partial charge >= 0.3 is 0 Å². The third kappa shape index (κ3) is 3.34. The molecule has 0 spiro atoms. The predicted octanol–water partition coefficient (Wildman–Crippen LogP) is 4.34. The maximum Gasteiger partial charge on any atom is 0.247 e. The van der Waals surface area contributed by atoms with E-state index in [4.69, 9.17) is 0 Å². The molecular weight excluding hydrogens is 289 g/mol. The number of amides is 1. The first-order valence-corrected chi connectivity index (χ1v) is 7.89. The van der Waals surface area contributed by atoms with E-state index in [1.54, 1.807) is 6.07 Å². The lowest BCUT2D eigenvalue weighted by molar-refractivity contribution is -0.118. The van der Waals surface area contributed by atoms with Crippen molar-refractivity contribution >= 4 is 12.0 Å². The number of rotatable bonds is 2. The van der Waals surface area contributed by atoms with Gasteiger partial charge < -0.3 is 5.32 Å². The minimum atomic E-state index is -0.287. The molecule has 1 atom stereocenters. The predicted molar refractivity (Wildman–Crippen MR) is 91.3 cm³/mol. The lowest BCUT2D eigenvalue weighted by Crippen LogP contribution is -2.35. The lowest BCUT2D eigenvalue weighted by Gasteiger charge is -2.21. The molecule has 2 aromatic rings. The Kier molecular flexibility index (Phi) is 4.28. The zero-order valence-corrected chi connectivity index (χ0v) is 13.4. The molecule has 1 aliphatic heterocycles. The van der Waals surface area contributed by atoms with Crippen LogP contribution in [0, 0.1) is 18.7 Å². The van der Waals surface area contributed by atoms with Gasteiger partial charge in [0.15, 0.2) is 0 Å². The number of carbonyl (C=O) groups is 1. The topological polar surface area (TPSA) is 29.1 Å². The minimum Gasteiger partial charge on any atom is -0.352 e. The Hall–Kier alpha value is -2.42. The van der Waals surface area contributed by atoms with Gasteiger partial charge in [-0.25, -0.2) is 4.39 Å². The van der Waals surface area contributed by atoms with Gasteiger partial charge in [0.05, 0.1) is 0 Å². The van der Waals surface area contributed by atoms with Crippen molar-refractivity contribution in [3.63, 3.8) is 0 Å². The summed E-state index contributed by atoms with van der Waals surface area (Å²) in [6.07, 6.45) is 2.55. The summed E-state index contributed by atoms with van der Waals surface area (Å²) >= 11 is 0. The number of carbonyl (C=O) groups excluding carboxylic acids is 1. The summed E-state index contributed by atoms with van der Waals surface area (Å²) in [5.41, 5.74) is 4.31. The van der Waals surface area contributed by atoms with Crippen molar-refractivity contribution in [2.45, 2.75) is 20.3 Å². The van der Waals surface area contributed by atoms with Crippen LogP contribution in [0.2, 0.25) is 0 Å². The van der Waals surface area contributed by atoms with Crippen molar-refractivity contribution in [3.05, 3.63) is 65.0 Å². The van der Waals surface area contributed by atoms with Gasteiger partial charge in [-0.05, 0) is 59.7 Å².